The maximum Gasteiger partial charge on any atom is 0.191 e. The molecule has 3 unspecified atom stereocenters. The number of nitrogens with one attached hydrogen (secondary N) is 2. The SMILES string of the molecule is CCNC(=NCCc1nnc2ccccn12)NC1C2CCOC2C1(C)C.I. The molecule has 1 saturated heterocycles. The van der Waals surface area contributed by atoms with Gasteiger partial charge in [0.2, 0.25) is 0 Å². The lowest BCUT2D eigenvalue weighted by atomic mass is 9.57. The van der Waals surface area contributed by atoms with Gasteiger partial charge in [-0.3, -0.25) is 9.39 Å². The minimum absolute atomic E-state index is 0. The van der Waals surface area contributed by atoms with Crippen molar-refractivity contribution in [2.24, 2.45) is 16.3 Å². The van der Waals surface area contributed by atoms with E-state index < -0.39 is 0 Å². The number of pyridine rings is 1. The van der Waals surface area contributed by atoms with Gasteiger partial charge >= 0.3 is 0 Å². The van der Waals surface area contributed by atoms with Gasteiger partial charge in [-0.15, -0.1) is 34.2 Å². The monoisotopic (exact) mass is 484 g/mol. The van der Waals surface area contributed by atoms with Gasteiger partial charge in [0.25, 0.3) is 0 Å². The number of guanidine groups is 1. The van der Waals surface area contributed by atoms with Crippen LogP contribution >= 0.6 is 24.0 Å². The summed E-state index contributed by atoms with van der Waals surface area (Å²) >= 11 is 0. The Kier molecular flexibility index (Phi) is 6.25. The molecule has 148 valence electrons. The summed E-state index contributed by atoms with van der Waals surface area (Å²) in [5.74, 6) is 2.41. The van der Waals surface area contributed by atoms with Crippen molar-refractivity contribution >= 4 is 35.6 Å². The summed E-state index contributed by atoms with van der Waals surface area (Å²) in [5.41, 5.74) is 1.01. The minimum Gasteiger partial charge on any atom is -0.377 e. The predicted octanol–water partition coefficient (Wildman–Crippen LogP) is 2.26. The van der Waals surface area contributed by atoms with E-state index in [0.29, 0.717) is 24.6 Å². The van der Waals surface area contributed by atoms with Crippen LogP contribution in [0.2, 0.25) is 0 Å². The quantitative estimate of drug-likeness (QED) is 0.387. The van der Waals surface area contributed by atoms with Crippen molar-refractivity contribution in [1.82, 2.24) is 25.2 Å². The first-order valence-corrected chi connectivity index (χ1v) is 9.56. The Morgan fingerprint density at radius 1 is 1.37 bits per heavy atom. The Morgan fingerprint density at radius 3 is 3.04 bits per heavy atom. The van der Waals surface area contributed by atoms with Gasteiger partial charge in [0.1, 0.15) is 5.82 Å². The van der Waals surface area contributed by atoms with E-state index in [9.17, 15) is 0 Å². The highest BCUT2D eigenvalue weighted by atomic mass is 127. The van der Waals surface area contributed by atoms with E-state index in [1.807, 2.05) is 28.8 Å². The van der Waals surface area contributed by atoms with Crippen LogP contribution in [-0.4, -0.2) is 52.4 Å². The number of hydrogen-bond donors (Lipinski definition) is 2. The molecule has 2 aliphatic rings. The number of halogens is 1. The van der Waals surface area contributed by atoms with Crippen LogP contribution in [0.4, 0.5) is 0 Å². The van der Waals surface area contributed by atoms with Crippen molar-refractivity contribution in [3.63, 3.8) is 0 Å². The van der Waals surface area contributed by atoms with Crippen LogP contribution in [0.5, 0.6) is 0 Å². The highest BCUT2D eigenvalue weighted by Crippen LogP contribution is 2.52. The van der Waals surface area contributed by atoms with Crippen LogP contribution in [0.15, 0.2) is 29.4 Å². The average molecular weight is 484 g/mol. The summed E-state index contributed by atoms with van der Waals surface area (Å²) in [7, 11) is 0. The number of nitrogens with zero attached hydrogens (tertiary/aromatic N) is 4. The number of fused-ring (bicyclic) bond motifs is 2. The number of aromatic nitrogens is 3. The highest BCUT2D eigenvalue weighted by molar-refractivity contribution is 14.0. The first kappa shape index (κ1) is 20.3. The Bertz CT molecular complexity index is 804. The zero-order valence-corrected chi connectivity index (χ0v) is 18.5. The van der Waals surface area contributed by atoms with Crippen molar-refractivity contribution in [1.29, 1.82) is 0 Å². The fraction of sp³-hybridized carbons (Fsp3) is 0.632. The molecular weight excluding hydrogens is 455 g/mol. The lowest BCUT2D eigenvalue weighted by Crippen LogP contribution is -2.68. The van der Waals surface area contributed by atoms with Crippen molar-refractivity contribution < 1.29 is 4.74 Å². The molecule has 0 aromatic carbocycles. The molecule has 0 radical (unpaired) electrons. The van der Waals surface area contributed by atoms with E-state index in [2.05, 4.69) is 41.6 Å². The van der Waals surface area contributed by atoms with E-state index in [4.69, 9.17) is 9.73 Å². The number of rotatable bonds is 5. The summed E-state index contributed by atoms with van der Waals surface area (Å²) in [6, 6.07) is 6.33. The number of aliphatic imine (C=N–C) groups is 1. The molecule has 1 aliphatic heterocycles. The Balaban J connectivity index is 0.00000210. The molecule has 27 heavy (non-hydrogen) atoms. The topological polar surface area (TPSA) is 75.8 Å². The molecular formula is C19H29IN6O. The summed E-state index contributed by atoms with van der Waals surface area (Å²) < 4.78 is 7.91. The van der Waals surface area contributed by atoms with E-state index in [1.165, 1.54) is 0 Å². The normalized spacial score (nSPS) is 26.2. The van der Waals surface area contributed by atoms with Crippen LogP contribution in [0.3, 0.4) is 0 Å². The second-order valence-corrected chi connectivity index (χ2v) is 7.74. The smallest absolute Gasteiger partial charge is 0.191 e. The van der Waals surface area contributed by atoms with Gasteiger partial charge in [-0.2, -0.15) is 0 Å². The fourth-order valence-corrected chi connectivity index (χ4v) is 4.41. The molecule has 0 amide bonds. The third-order valence-electron chi connectivity index (χ3n) is 5.73. The van der Waals surface area contributed by atoms with Crippen molar-refractivity contribution in [3.8, 4) is 0 Å². The molecule has 1 saturated carbocycles. The molecule has 3 atom stereocenters. The third kappa shape index (κ3) is 3.78. The standard InChI is InChI=1S/C19H28N6O.HI/c1-4-20-18(22-16-13-9-12-26-17(13)19(16,2)3)21-10-8-15-24-23-14-7-5-6-11-25(14)15;/h5-7,11,13,16-17H,4,8-10,12H2,1-3H3,(H2,20,21,22);1H. The highest BCUT2D eigenvalue weighted by Gasteiger charge is 2.59. The maximum atomic E-state index is 5.89. The van der Waals surface area contributed by atoms with Gasteiger partial charge in [0.05, 0.1) is 6.10 Å². The molecule has 3 heterocycles. The van der Waals surface area contributed by atoms with E-state index in [0.717, 1.165) is 43.4 Å². The second-order valence-electron chi connectivity index (χ2n) is 7.74. The fourth-order valence-electron chi connectivity index (χ4n) is 4.41. The van der Waals surface area contributed by atoms with Crippen LogP contribution < -0.4 is 10.6 Å². The van der Waals surface area contributed by atoms with Gasteiger partial charge in [-0.25, -0.2) is 0 Å². The van der Waals surface area contributed by atoms with E-state index >= 15 is 0 Å². The van der Waals surface area contributed by atoms with Crippen LogP contribution in [0.1, 0.15) is 33.0 Å². The van der Waals surface area contributed by atoms with Gasteiger partial charge in [-0.05, 0) is 25.5 Å². The molecule has 2 aromatic rings. The first-order chi connectivity index (χ1) is 12.6. The first-order valence-electron chi connectivity index (χ1n) is 9.56. The zero-order valence-electron chi connectivity index (χ0n) is 16.2. The molecule has 4 rings (SSSR count). The lowest BCUT2D eigenvalue weighted by Gasteiger charge is -2.54. The summed E-state index contributed by atoms with van der Waals surface area (Å²) in [4.78, 5) is 4.77. The van der Waals surface area contributed by atoms with Crippen molar-refractivity contribution in [2.75, 3.05) is 19.7 Å². The Morgan fingerprint density at radius 2 is 2.22 bits per heavy atom. The number of hydrogen-bond acceptors (Lipinski definition) is 4. The molecule has 7 nitrogen and oxygen atoms in total. The molecule has 0 spiro atoms. The van der Waals surface area contributed by atoms with Gasteiger partial charge in [-0.1, -0.05) is 19.9 Å². The molecule has 2 aromatic heterocycles. The summed E-state index contributed by atoms with van der Waals surface area (Å²) in [5, 5.41) is 15.5. The Labute approximate surface area is 177 Å². The molecule has 2 fully saturated rings. The predicted molar refractivity (Wildman–Crippen MR) is 117 cm³/mol. The van der Waals surface area contributed by atoms with Crippen molar-refractivity contribution in [2.45, 2.75) is 45.8 Å². The summed E-state index contributed by atoms with van der Waals surface area (Å²) in [6.45, 7) is 9.05. The molecule has 8 heteroatoms. The zero-order chi connectivity index (χ0) is 18.1. The third-order valence-corrected chi connectivity index (χ3v) is 5.73. The van der Waals surface area contributed by atoms with Gasteiger partial charge in [0.15, 0.2) is 11.6 Å². The van der Waals surface area contributed by atoms with Gasteiger partial charge in [0, 0.05) is 49.7 Å². The minimum atomic E-state index is 0. The Hall–Kier alpha value is -1.42. The summed E-state index contributed by atoms with van der Waals surface area (Å²) in [6.07, 6.45) is 4.27. The van der Waals surface area contributed by atoms with Crippen LogP contribution in [0, 0.1) is 11.3 Å². The largest absolute Gasteiger partial charge is 0.377 e. The average Bonchev–Trinajstić information content (AvgIpc) is 3.25. The van der Waals surface area contributed by atoms with Gasteiger partial charge < -0.3 is 15.4 Å². The lowest BCUT2D eigenvalue weighted by molar-refractivity contribution is -0.106. The molecule has 0 bridgehead atoms. The molecule has 2 N–H and O–H groups in total. The van der Waals surface area contributed by atoms with Crippen LogP contribution in [-0.2, 0) is 11.2 Å². The second kappa shape index (κ2) is 8.30. The maximum absolute atomic E-state index is 5.89. The van der Waals surface area contributed by atoms with E-state index in [1.54, 1.807) is 0 Å². The molecule has 1 aliphatic carbocycles. The van der Waals surface area contributed by atoms with E-state index in [-0.39, 0.29) is 29.4 Å². The number of ether oxygens (including phenoxy) is 1. The van der Waals surface area contributed by atoms with Crippen LogP contribution in [0.25, 0.3) is 5.65 Å². The van der Waals surface area contributed by atoms with Crippen molar-refractivity contribution in [3.05, 3.63) is 30.2 Å².